The van der Waals surface area contributed by atoms with E-state index in [4.69, 9.17) is 28.9 Å². The molecule has 2 aliphatic rings. The smallest absolute Gasteiger partial charge is 0.321 e. The number of alkyl halides is 1. The van der Waals surface area contributed by atoms with Crippen molar-refractivity contribution in [1.82, 2.24) is 10.2 Å². The summed E-state index contributed by atoms with van der Waals surface area (Å²) in [5.41, 5.74) is 8.28. The molecule has 1 aliphatic carbocycles. The van der Waals surface area contributed by atoms with Crippen LogP contribution in [0.4, 0.5) is 10.5 Å². The minimum atomic E-state index is -0.496. The van der Waals surface area contributed by atoms with Gasteiger partial charge in [-0.05, 0) is 55.4 Å². The molecule has 0 saturated carbocycles. The van der Waals surface area contributed by atoms with Crippen molar-refractivity contribution in [3.63, 3.8) is 0 Å². The lowest BCUT2D eigenvalue weighted by atomic mass is 9.89. The highest BCUT2D eigenvalue weighted by molar-refractivity contribution is 6.33. The summed E-state index contributed by atoms with van der Waals surface area (Å²) in [4.78, 5) is 26.3. The highest BCUT2D eigenvalue weighted by Gasteiger charge is 2.26. The van der Waals surface area contributed by atoms with Gasteiger partial charge in [0.1, 0.15) is 0 Å². The summed E-state index contributed by atoms with van der Waals surface area (Å²) < 4.78 is 0. The lowest BCUT2D eigenvalue weighted by Gasteiger charge is -2.33. The molecule has 1 saturated heterocycles. The van der Waals surface area contributed by atoms with Gasteiger partial charge in [-0.25, -0.2) is 4.79 Å². The van der Waals surface area contributed by atoms with E-state index in [1.807, 2.05) is 37.3 Å². The standard InChI is InChI=1S/C22H28Cl2N4O2/c1-2-19(25)21(29)26-16-8-6-14(7-9-16)15-10-12-28(13-11-15)22(30)27-20-17(23)4-3-5-18(20)24/h3-4,6-9,15,18-19H,2,5,10-13,25H2,1H3,(H,26,29)(H,27,30). The quantitative estimate of drug-likeness (QED) is 0.585. The molecule has 0 bridgehead atoms. The first-order chi connectivity index (χ1) is 14.4. The Morgan fingerprint density at radius 2 is 1.87 bits per heavy atom. The van der Waals surface area contributed by atoms with Crippen LogP contribution in [0.15, 0.2) is 47.1 Å². The van der Waals surface area contributed by atoms with Gasteiger partial charge in [0.15, 0.2) is 0 Å². The molecule has 2 unspecified atom stereocenters. The molecular formula is C22H28Cl2N4O2. The Kier molecular flexibility index (Phi) is 7.81. The zero-order valence-electron chi connectivity index (χ0n) is 17.0. The van der Waals surface area contributed by atoms with Crippen LogP contribution in [0.25, 0.3) is 0 Å². The van der Waals surface area contributed by atoms with Crippen molar-refractivity contribution in [3.05, 3.63) is 52.7 Å². The fourth-order valence-corrected chi connectivity index (χ4v) is 4.25. The molecule has 162 valence electrons. The van der Waals surface area contributed by atoms with E-state index in [2.05, 4.69) is 10.6 Å². The molecule has 3 rings (SSSR count). The Morgan fingerprint density at radius 3 is 2.47 bits per heavy atom. The first kappa shape index (κ1) is 22.7. The Labute approximate surface area is 187 Å². The highest BCUT2D eigenvalue weighted by Crippen LogP contribution is 2.30. The molecule has 0 aromatic heterocycles. The van der Waals surface area contributed by atoms with Gasteiger partial charge in [0.25, 0.3) is 0 Å². The second-order valence-electron chi connectivity index (χ2n) is 7.68. The topological polar surface area (TPSA) is 87.5 Å². The number of piperidine rings is 1. The number of allylic oxidation sites excluding steroid dienone is 4. The number of nitrogens with one attached hydrogen (secondary N) is 2. The number of hydrogen-bond donors (Lipinski definition) is 3. The van der Waals surface area contributed by atoms with Gasteiger partial charge in [0.05, 0.1) is 22.1 Å². The summed E-state index contributed by atoms with van der Waals surface area (Å²) in [7, 11) is 0. The van der Waals surface area contributed by atoms with Crippen LogP contribution in [0.5, 0.6) is 0 Å². The van der Waals surface area contributed by atoms with Gasteiger partial charge in [-0.2, -0.15) is 0 Å². The van der Waals surface area contributed by atoms with Gasteiger partial charge in [0, 0.05) is 18.8 Å². The lowest BCUT2D eigenvalue weighted by molar-refractivity contribution is -0.117. The highest BCUT2D eigenvalue weighted by atomic mass is 35.5. The molecule has 0 spiro atoms. The maximum absolute atomic E-state index is 12.6. The molecule has 8 heteroatoms. The van der Waals surface area contributed by atoms with Crippen molar-refractivity contribution in [2.45, 2.75) is 49.9 Å². The van der Waals surface area contributed by atoms with E-state index in [1.165, 1.54) is 5.56 Å². The number of halogens is 2. The van der Waals surface area contributed by atoms with Gasteiger partial charge in [0.2, 0.25) is 5.91 Å². The molecule has 6 nitrogen and oxygen atoms in total. The van der Waals surface area contributed by atoms with Crippen molar-refractivity contribution in [2.75, 3.05) is 18.4 Å². The molecule has 3 amide bonds. The van der Waals surface area contributed by atoms with Crippen LogP contribution in [-0.2, 0) is 4.79 Å². The fraction of sp³-hybridized carbons (Fsp3) is 0.455. The summed E-state index contributed by atoms with van der Waals surface area (Å²) in [5, 5.41) is 5.89. The zero-order chi connectivity index (χ0) is 21.7. The van der Waals surface area contributed by atoms with Crippen LogP contribution >= 0.6 is 23.2 Å². The zero-order valence-corrected chi connectivity index (χ0v) is 18.5. The van der Waals surface area contributed by atoms with Gasteiger partial charge >= 0.3 is 6.03 Å². The van der Waals surface area contributed by atoms with E-state index in [0.29, 0.717) is 42.6 Å². The summed E-state index contributed by atoms with van der Waals surface area (Å²) in [6, 6.07) is 7.22. The van der Waals surface area contributed by atoms with Crippen LogP contribution < -0.4 is 16.4 Å². The molecule has 2 atom stereocenters. The molecule has 1 fully saturated rings. The van der Waals surface area contributed by atoms with Gasteiger partial charge in [-0.3, -0.25) is 4.79 Å². The molecule has 0 radical (unpaired) electrons. The second kappa shape index (κ2) is 10.3. The third-order valence-corrected chi connectivity index (χ3v) is 6.35. The van der Waals surface area contributed by atoms with Gasteiger partial charge in [-0.15, -0.1) is 11.6 Å². The minimum absolute atomic E-state index is 0.159. The first-order valence-corrected chi connectivity index (χ1v) is 11.1. The Hall–Kier alpha value is -2.02. The number of likely N-dealkylation sites (tertiary alicyclic amines) is 1. The van der Waals surface area contributed by atoms with Crippen LogP contribution in [0.3, 0.4) is 0 Å². The van der Waals surface area contributed by atoms with E-state index in [1.54, 1.807) is 11.0 Å². The molecular weight excluding hydrogens is 423 g/mol. The van der Waals surface area contributed by atoms with Crippen LogP contribution in [0, 0.1) is 0 Å². The number of nitrogens with zero attached hydrogens (tertiary/aromatic N) is 1. The number of carbonyl (C=O) groups is 2. The third kappa shape index (κ3) is 5.56. The van der Waals surface area contributed by atoms with Crippen molar-refractivity contribution in [2.24, 2.45) is 5.73 Å². The Bertz CT molecular complexity index is 830. The van der Waals surface area contributed by atoms with Crippen molar-refractivity contribution < 1.29 is 9.59 Å². The first-order valence-electron chi connectivity index (χ1n) is 10.3. The maximum atomic E-state index is 12.6. The minimum Gasteiger partial charge on any atom is -0.325 e. The summed E-state index contributed by atoms with van der Waals surface area (Å²) in [5.74, 6) is 0.199. The summed E-state index contributed by atoms with van der Waals surface area (Å²) in [6.07, 6.45) is 6.66. The summed E-state index contributed by atoms with van der Waals surface area (Å²) >= 11 is 12.4. The number of urea groups is 1. The monoisotopic (exact) mass is 450 g/mol. The van der Waals surface area contributed by atoms with Gasteiger partial charge in [-0.1, -0.05) is 36.7 Å². The molecule has 1 aromatic rings. The average Bonchev–Trinajstić information content (AvgIpc) is 2.76. The predicted octanol–water partition coefficient (Wildman–Crippen LogP) is 4.27. The molecule has 4 N–H and O–H groups in total. The average molecular weight is 451 g/mol. The largest absolute Gasteiger partial charge is 0.325 e. The van der Waals surface area contributed by atoms with E-state index >= 15 is 0 Å². The van der Waals surface area contributed by atoms with E-state index < -0.39 is 6.04 Å². The number of rotatable bonds is 5. The predicted molar refractivity (Wildman–Crippen MR) is 122 cm³/mol. The summed E-state index contributed by atoms with van der Waals surface area (Å²) in [6.45, 7) is 3.20. The van der Waals surface area contributed by atoms with E-state index in [0.717, 1.165) is 18.5 Å². The molecule has 1 heterocycles. The van der Waals surface area contributed by atoms with Crippen LogP contribution in [-0.4, -0.2) is 41.3 Å². The Morgan fingerprint density at radius 1 is 1.20 bits per heavy atom. The SMILES string of the molecule is CCC(N)C(=O)Nc1ccc(C2CCN(C(=O)NC3=C(Cl)C=CCC3Cl)CC2)cc1. The number of carbonyl (C=O) groups excluding carboxylic acids is 2. The van der Waals surface area contributed by atoms with Gasteiger partial charge < -0.3 is 21.3 Å². The number of nitrogens with two attached hydrogens (primary N) is 1. The number of anilines is 1. The van der Waals surface area contributed by atoms with Crippen molar-refractivity contribution in [1.29, 1.82) is 0 Å². The maximum Gasteiger partial charge on any atom is 0.321 e. The number of benzene rings is 1. The number of hydrogen-bond acceptors (Lipinski definition) is 3. The molecule has 30 heavy (non-hydrogen) atoms. The lowest BCUT2D eigenvalue weighted by Crippen LogP contribution is -2.45. The molecule has 1 aliphatic heterocycles. The Balaban J connectivity index is 1.52. The van der Waals surface area contributed by atoms with Crippen LogP contribution in [0.2, 0.25) is 0 Å². The normalized spacial score (nSPS) is 20.8. The van der Waals surface area contributed by atoms with Crippen molar-refractivity contribution >= 4 is 40.8 Å². The van der Waals surface area contributed by atoms with Crippen molar-refractivity contribution in [3.8, 4) is 0 Å². The second-order valence-corrected chi connectivity index (χ2v) is 8.62. The van der Waals surface area contributed by atoms with Crippen LogP contribution in [0.1, 0.15) is 44.1 Å². The third-order valence-electron chi connectivity index (χ3n) is 5.63. The molecule has 1 aromatic carbocycles. The van der Waals surface area contributed by atoms with E-state index in [9.17, 15) is 9.59 Å². The van der Waals surface area contributed by atoms with E-state index in [-0.39, 0.29) is 17.3 Å². The fourth-order valence-electron chi connectivity index (χ4n) is 3.66. The number of amides is 3.